The van der Waals surface area contributed by atoms with Gasteiger partial charge in [0.2, 0.25) is 11.8 Å². The molecule has 3 aliphatic rings. The SMILES string of the molecule is O=C1[C@@H]2[C@@H]3C=C[C@@](CO)(O3)[C@@H]2C(=O)N1c1ccccc1-c1ccccc1. The number of carbonyl (C=O) groups excluding carboxylic acids is 2. The van der Waals surface area contributed by atoms with Crippen molar-refractivity contribution in [3.63, 3.8) is 0 Å². The van der Waals surface area contributed by atoms with Crippen molar-refractivity contribution in [1.82, 2.24) is 0 Å². The number of amides is 2. The lowest BCUT2D eigenvalue weighted by molar-refractivity contribution is -0.128. The fourth-order valence-corrected chi connectivity index (χ4v) is 4.45. The van der Waals surface area contributed by atoms with E-state index in [0.717, 1.165) is 11.1 Å². The number of benzene rings is 2. The second-order valence-corrected chi connectivity index (χ2v) is 6.95. The summed E-state index contributed by atoms with van der Waals surface area (Å²) in [4.78, 5) is 27.6. The van der Waals surface area contributed by atoms with E-state index in [0.29, 0.717) is 5.69 Å². The molecule has 2 saturated heterocycles. The Balaban J connectivity index is 1.62. The zero-order valence-electron chi connectivity index (χ0n) is 13.9. The summed E-state index contributed by atoms with van der Waals surface area (Å²) >= 11 is 0. The van der Waals surface area contributed by atoms with E-state index in [4.69, 9.17) is 4.74 Å². The van der Waals surface area contributed by atoms with Gasteiger partial charge < -0.3 is 9.84 Å². The van der Waals surface area contributed by atoms with Gasteiger partial charge in [-0.1, -0.05) is 60.7 Å². The molecular formula is C21H17NO4. The van der Waals surface area contributed by atoms with Crippen molar-refractivity contribution in [3.8, 4) is 11.1 Å². The maximum Gasteiger partial charge on any atom is 0.241 e. The van der Waals surface area contributed by atoms with Gasteiger partial charge >= 0.3 is 0 Å². The van der Waals surface area contributed by atoms with Gasteiger partial charge in [0.1, 0.15) is 5.60 Å². The molecule has 0 unspecified atom stereocenters. The monoisotopic (exact) mass is 347 g/mol. The van der Waals surface area contributed by atoms with Crippen molar-refractivity contribution in [2.75, 3.05) is 11.5 Å². The molecule has 1 N–H and O–H groups in total. The number of rotatable bonds is 3. The second-order valence-electron chi connectivity index (χ2n) is 6.95. The maximum absolute atomic E-state index is 13.2. The highest BCUT2D eigenvalue weighted by molar-refractivity contribution is 6.24. The Hall–Kier alpha value is -2.76. The Morgan fingerprint density at radius 1 is 1.00 bits per heavy atom. The highest BCUT2D eigenvalue weighted by Crippen LogP contribution is 2.52. The summed E-state index contributed by atoms with van der Waals surface area (Å²) in [6, 6.07) is 17.1. The Kier molecular flexibility index (Phi) is 3.20. The number of carbonyl (C=O) groups is 2. The predicted molar refractivity (Wildman–Crippen MR) is 95.2 cm³/mol. The number of nitrogens with zero attached hydrogens (tertiary/aromatic N) is 1. The first-order valence-corrected chi connectivity index (χ1v) is 8.66. The number of para-hydroxylation sites is 1. The highest BCUT2D eigenvalue weighted by Gasteiger charge is 2.67. The van der Waals surface area contributed by atoms with Crippen LogP contribution < -0.4 is 4.90 Å². The number of aliphatic hydroxyl groups is 1. The average Bonchev–Trinajstić information content (AvgIpc) is 3.33. The van der Waals surface area contributed by atoms with E-state index in [1.807, 2.05) is 48.5 Å². The molecule has 2 aromatic carbocycles. The molecule has 5 rings (SSSR count). The van der Waals surface area contributed by atoms with Gasteiger partial charge in [-0.3, -0.25) is 9.59 Å². The molecule has 3 heterocycles. The van der Waals surface area contributed by atoms with Crippen LogP contribution in [0.5, 0.6) is 0 Å². The molecule has 5 heteroatoms. The molecule has 0 aliphatic carbocycles. The Bertz CT molecular complexity index is 938. The topological polar surface area (TPSA) is 66.8 Å². The van der Waals surface area contributed by atoms with Crippen molar-refractivity contribution in [2.45, 2.75) is 11.7 Å². The lowest BCUT2D eigenvalue weighted by atomic mass is 9.77. The molecule has 2 fully saturated rings. The van der Waals surface area contributed by atoms with Crippen LogP contribution in [0.4, 0.5) is 5.69 Å². The van der Waals surface area contributed by atoms with Crippen molar-refractivity contribution >= 4 is 17.5 Å². The van der Waals surface area contributed by atoms with Crippen LogP contribution in [0.25, 0.3) is 11.1 Å². The average molecular weight is 347 g/mol. The minimum Gasteiger partial charge on any atom is -0.393 e. The molecule has 0 spiro atoms. The van der Waals surface area contributed by atoms with Gasteiger partial charge in [-0.2, -0.15) is 0 Å². The van der Waals surface area contributed by atoms with Gasteiger partial charge in [-0.25, -0.2) is 4.90 Å². The molecule has 0 saturated carbocycles. The fourth-order valence-electron chi connectivity index (χ4n) is 4.45. The Labute approximate surface area is 150 Å². The van der Waals surface area contributed by atoms with Gasteiger partial charge in [0.05, 0.1) is 30.2 Å². The van der Waals surface area contributed by atoms with Crippen molar-refractivity contribution in [1.29, 1.82) is 0 Å². The van der Waals surface area contributed by atoms with E-state index < -0.39 is 23.5 Å². The summed E-state index contributed by atoms with van der Waals surface area (Å²) in [6.45, 7) is -0.311. The van der Waals surface area contributed by atoms with E-state index in [9.17, 15) is 14.7 Å². The van der Waals surface area contributed by atoms with E-state index in [1.54, 1.807) is 18.2 Å². The minimum atomic E-state index is -1.07. The minimum absolute atomic E-state index is 0.256. The number of anilines is 1. The number of hydrogen-bond acceptors (Lipinski definition) is 4. The van der Waals surface area contributed by atoms with Gasteiger partial charge in [-0.05, 0) is 11.6 Å². The first-order chi connectivity index (χ1) is 12.7. The largest absolute Gasteiger partial charge is 0.393 e. The van der Waals surface area contributed by atoms with Gasteiger partial charge in [0, 0.05) is 5.56 Å². The van der Waals surface area contributed by atoms with Gasteiger partial charge in [-0.15, -0.1) is 0 Å². The Morgan fingerprint density at radius 3 is 2.50 bits per heavy atom. The van der Waals surface area contributed by atoms with Crippen LogP contribution in [0, 0.1) is 11.8 Å². The number of aliphatic hydroxyl groups excluding tert-OH is 1. The lowest BCUT2D eigenvalue weighted by Crippen LogP contribution is -2.43. The van der Waals surface area contributed by atoms with E-state index in [2.05, 4.69) is 0 Å². The molecule has 3 aliphatic heterocycles. The molecule has 5 nitrogen and oxygen atoms in total. The number of hydrogen-bond donors (Lipinski definition) is 1. The second kappa shape index (κ2) is 5.37. The summed E-state index contributed by atoms with van der Waals surface area (Å²) in [5, 5.41) is 9.83. The first kappa shape index (κ1) is 15.5. The summed E-state index contributed by atoms with van der Waals surface area (Å²) in [5.74, 6) is -1.79. The van der Waals surface area contributed by atoms with Crippen LogP contribution in [0.15, 0.2) is 66.7 Å². The molecule has 2 aromatic rings. The number of imide groups is 1. The van der Waals surface area contributed by atoms with Gasteiger partial charge in [0.25, 0.3) is 0 Å². The fraction of sp³-hybridized carbons (Fsp3) is 0.238. The molecular weight excluding hydrogens is 330 g/mol. The Morgan fingerprint density at radius 2 is 1.73 bits per heavy atom. The van der Waals surface area contributed by atoms with Crippen LogP contribution in [0.3, 0.4) is 0 Å². The summed E-state index contributed by atoms with van der Waals surface area (Å²) in [6.07, 6.45) is 3.07. The molecule has 4 atom stereocenters. The predicted octanol–water partition coefficient (Wildman–Crippen LogP) is 2.16. The molecule has 2 amide bonds. The molecule has 0 aromatic heterocycles. The van der Waals surface area contributed by atoms with E-state index in [-0.39, 0.29) is 18.4 Å². The number of fused-ring (bicyclic) bond motifs is 5. The van der Waals surface area contributed by atoms with Crippen LogP contribution >= 0.6 is 0 Å². The van der Waals surface area contributed by atoms with Crippen molar-refractivity contribution in [2.24, 2.45) is 11.8 Å². The lowest BCUT2D eigenvalue weighted by Gasteiger charge is -2.27. The van der Waals surface area contributed by atoms with Crippen molar-refractivity contribution < 1.29 is 19.4 Å². The third-order valence-electron chi connectivity index (χ3n) is 5.63. The number of ether oxygens (including phenoxy) is 1. The molecule has 26 heavy (non-hydrogen) atoms. The molecule has 0 radical (unpaired) electrons. The summed E-state index contributed by atoms with van der Waals surface area (Å²) in [7, 11) is 0. The van der Waals surface area contributed by atoms with Crippen LogP contribution in [-0.2, 0) is 14.3 Å². The van der Waals surface area contributed by atoms with Crippen molar-refractivity contribution in [3.05, 3.63) is 66.7 Å². The van der Waals surface area contributed by atoms with Crippen LogP contribution in [0.2, 0.25) is 0 Å². The third kappa shape index (κ3) is 1.87. The smallest absolute Gasteiger partial charge is 0.241 e. The quantitative estimate of drug-likeness (QED) is 0.682. The van der Waals surface area contributed by atoms with E-state index >= 15 is 0 Å². The zero-order chi connectivity index (χ0) is 17.9. The molecule has 2 bridgehead atoms. The zero-order valence-corrected chi connectivity index (χ0v) is 13.9. The summed E-state index contributed by atoms with van der Waals surface area (Å²) in [5.41, 5.74) is 1.28. The third-order valence-corrected chi connectivity index (χ3v) is 5.63. The maximum atomic E-state index is 13.2. The highest BCUT2D eigenvalue weighted by atomic mass is 16.5. The normalized spacial score (nSPS) is 31.7. The standard InChI is InChI=1S/C21H17NO4/c23-12-21-11-10-16(26-21)17-18(21)20(25)22(19(17)24)15-9-5-4-8-14(15)13-6-2-1-3-7-13/h1-11,16-18,23H,12H2/t16-,17+,18-,21-/m0/s1. The van der Waals surface area contributed by atoms with Crippen LogP contribution in [-0.4, -0.2) is 35.2 Å². The first-order valence-electron chi connectivity index (χ1n) is 8.66. The van der Waals surface area contributed by atoms with Gasteiger partial charge in [0.15, 0.2) is 0 Å². The molecule has 130 valence electrons. The summed E-state index contributed by atoms with van der Waals surface area (Å²) < 4.78 is 5.79. The van der Waals surface area contributed by atoms with Crippen LogP contribution in [0.1, 0.15) is 0 Å². The van der Waals surface area contributed by atoms with E-state index in [1.165, 1.54) is 4.90 Å².